The van der Waals surface area contributed by atoms with Crippen molar-refractivity contribution in [2.45, 2.75) is 37.9 Å². The van der Waals surface area contributed by atoms with Crippen molar-refractivity contribution in [2.75, 3.05) is 6.61 Å². The number of hydrogen-bond acceptors (Lipinski definition) is 5. The third-order valence-electron chi connectivity index (χ3n) is 2.20. The number of hydrogen-bond donors (Lipinski definition) is 1. The van der Waals surface area contributed by atoms with E-state index in [1.54, 1.807) is 13.8 Å². The lowest BCUT2D eigenvalue weighted by Gasteiger charge is -2.36. The van der Waals surface area contributed by atoms with Crippen LogP contribution >= 0.6 is 0 Å². The predicted octanol–water partition coefficient (Wildman–Crippen LogP) is -0.576. The number of aliphatic hydroxyl groups is 1. The fourth-order valence-electron chi connectivity index (χ4n) is 1.54. The molecule has 2 rings (SSSR count). The summed E-state index contributed by atoms with van der Waals surface area (Å²) in [4.78, 5) is 10.9. The summed E-state index contributed by atoms with van der Waals surface area (Å²) in [6, 6.07) is 0. The SMILES string of the molecule is CC1(C)OC[C@H]2OC(=O)[C@H](O)[C@H]2O1. The second kappa shape index (κ2) is 2.67. The zero-order valence-electron chi connectivity index (χ0n) is 7.52. The van der Waals surface area contributed by atoms with Crippen LogP contribution in [-0.2, 0) is 19.0 Å². The van der Waals surface area contributed by atoms with Crippen LogP contribution in [0.5, 0.6) is 0 Å². The van der Waals surface area contributed by atoms with Gasteiger partial charge in [0, 0.05) is 0 Å². The van der Waals surface area contributed by atoms with Gasteiger partial charge in [0.2, 0.25) is 0 Å². The van der Waals surface area contributed by atoms with E-state index >= 15 is 0 Å². The van der Waals surface area contributed by atoms with Gasteiger partial charge in [0.05, 0.1) is 6.61 Å². The van der Waals surface area contributed by atoms with E-state index in [-0.39, 0.29) is 6.61 Å². The van der Waals surface area contributed by atoms with Crippen molar-refractivity contribution in [1.82, 2.24) is 0 Å². The minimum atomic E-state index is -1.17. The normalized spacial score (nSPS) is 42.7. The van der Waals surface area contributed by atoms with Crippen LogP contribution in [0.2, 0.25) is 0 Å². The van der Waals surface area contributed by atoms with Gasteiger partial charge in [-0.05, 0) is 13.8 Å². The van der Waals surface area contributed by atoms with Gasteiger partial charge in [0.1, 0.15) is 6.10 Å². The van der Waals surface area contributed by atoms with Crippen molar-refractivity contribution in [3.63, 3.8) is 0 Å². The van der Waals surface area contributed by atoms with E-state index in [0.29, 0.717) is 0 Å². The predicted molar refractivity (Wildman–Crippen MR) is 40.8 cm³/mol. The molecular formula is C8H12O5. The highest BCUT2D eigenvalue weighted by atomic mass is 16.7. The fourth-order valence-corrected chi connectivity index (χ4v) is 1.54. The van der Waals surface area contributed by atoms with E-state index in [4.69, 9.17) is 14.2 Å². The molecule has 74 valence electrons. The number of carbonyl (C=O) groups is 1. The largest absolute Gasteiger partial charge is 0.455 e. The van der Waals surface area contributed by atoms with E-state index in [2.05, 4.69) is 0 Å². The van der Waals surface area contributed by atoms with Crippen LogP contribution in [0.3, 0.4) is 0 Å². The molecule has 0 aromatic carbocycles. The molecule has 0 saturated carbocycles. The Labute approximate surface area is 75.6 Å². The summed E-state index contributed by atoms with van der Waals surface area (Å²) in [5.74, 6) is -1.38. The highest BCUT2D eigenvalue weighted by Gasteiger charge is 2.50. The molecule has 5 heteroatoms. The van der Waals surface area contributed by atoms with Crippen LogP contribution in [0.1, 0.15) is 13.8 Å². The van der Waals surface area contributed by atoms with Crippen molar-refractivity contribution in [1.29, 1.82) is 0 Å². The van der Waals surface area contributed by atoms with Crippen LogP contribution in [-0.4, -0.2) is 41.8 Å². The average Bonchev–Trinajstić information content (AvgIpc) is 2.29. The Morgan fingerprint density at radius 1 is 1.54 bits per heavy atom. The van der Waals surface area contributed by atoms with Crippen LogP contribution in [0.25, 0.3) is 0 Å². The first-order valence-electron chi connectivity index (χ1n) is 4.20. The Balaban J connectivity index is 2.14. The quantitative estimate of drug-likeness (QED) is 0.515. The lowest BCUT2D eigenvalue weighted by molar-refractivity contribution is -0.299. The van der Waals surface area contributed by atoms with Crippen molar-refractivity contribution >= 4 is 5.97 Å². The number of rotatable bonds is 0. The Morgan fingerprint density at radius 2 is 2.23 bits per heavy atom. The topological polar surface area (TPSA) is 65.0 Å². The Kier molecular flexibility index (Phi) is 1.83. The van der Waals surface area contributed by atoms with E-state index in [0.717, 1.165) is 0 Å². The highest BCUT2D eigenvalue weighted by molar-refractivity contribution is 5.77. The molecule has 2 aliphatic heterocycles. The van der Waals surface area contributed by atoms with Gasteiger partial charge >= 0.3 is 5.97 Å². The molecule has 0 aromatic rings. The van der Waals surface area contributed by atoms with Crippen LogP contribution in [0, 0.1) is 0 Å². The third-order valence-corrected chi connectivity index (χ3v) is 2.20. The van der Waals surface area contributed by atoms with Gasteiger partial charge in [-0.2, -0.15) is 0 Å². The van der Waals surface area contributed by atoms with E-state index in [1.807, 2.05) is 0 Å². The smallest absolute Gasteiger partial charge is 0.338 e. The summed E-state index contributed by atoms with van der Waals surface area (Å²) in [6.45, 7) is 3.75. The van der Waals surface area contributed by atoms with E-state index in [1.165, 1.54) is 0 Å². The van der Waals surface area contributed by atoms with Crippen LogP contribution < -0.4 is 0 Å². The molecule has 0 amide bonds. The Morgan fingerprint density at radius 3 is 2.92 bits per heavy atom. The minimum absolute atomic E-state index is 0.278. The number of aliphatic hydroxyl groups excluding tert-OH is 1. The number of carbonyl (C=O) groups excluding carboxylic acids is 1. The maximum atomic E-state index is 10.9. The molecule has 5 nitrogen and oxygen atoms in total. The van der Waals surface area contributed by atoms with Crippen LogP contribution in [0.15, 0.2) is 0 Å². The maximum Gasteiger partial charge on any atom is 0.338 e. The molecule has 2 aliphatic rings. The fraction of sp³-hybridized carbons (Fsp3) is 0.875. The molecule has 0 spiro atoms. The van der Waals surface area contributed by atoms with Gasteiger partial charge in [0.15, 0.2) is 18.0 Å². The summed E-state index contributed by atoms with van der Waals surface area (Å²) in [5, 5.41) is 9.37. The molecule has 0 aromatic heterocycles. The second-order valence-electron chi connectivity index (χ2n) is 3.71. The molecule has 0 unspecified atom stereocenters. The lowest BCUT2D eigenvalue weighted by Crippen LogP contribution is -2.50. The zero-order chi connectivity index (χ0) is 9.64. The maximum absolute atomic E-state index is 10.9. The van der Waals surface area contributed by atoms with Crippen molar-refractivity contribution in [3.8, 4) is 0 Å². The van der Waals surface area contributed by atoms with Crippen molar-refractivity contribution < 1.29 is 24.1 Å². The molecule has 2 fully saturated rings. The first kappa shape index (κ1) is 8.93. The first-order chi connectivity index (χ1) is 5.99. The summed E-state index contributed by atoms with van der Waals surface area (Å²) in [7, 11) is 0. The van der Waals surface area contributed by atoms with Gasteiger partial charge in [-0.25, -0.2) is 4.79 Å². The number of esters is 1. The Hall–Kier alpha value is -0.650. The summed E-state index contributed by atoms with van der Waals surface area (Å²) < 4.78 is 15.5. The van der Waals surface area contributed by atoms with Gasteiger partial charge in [-0.15, -0.1) is 0 Å². The van der Waals surface area contributed by atoms with Gasteiger partial charge < -0.3 is 19.3 Å². The monoisotopic (exact) mass is 188 g/mol. The lowest BCUT2D eigenvalue weighted by atomic mass is 10.1. The Bertz CT molecular complexity index is 237. The van der Waals surface area contributed by atoms with Gasteiger partial charge in [-0.1, -0.05) is 0 Å². The standard InChI is InChI=1S/C8H12O5/c1-8(2)11-3-4-6(13-8)5(9)7(10)12-4/h4-6,9H,3H2,1-2H3/t4-,5-,6+/m1/s1. The summed E-state index contributed by atoms with van der Waals surface area (Å²) in [5.41, 5.74) is 0. The van der Waals surface area contributed by atoms with Crippen molar-refractivity contribution in [2.24, 2.45) is 0 Å². The summed E-state index contributed by atoms with van der Waals surface area (Å²) >= 11 is 0. The second-order valence-corrected chi connectivity index (χ2v) is 3.71. The molecule has 0 aliphatic carbocycles. The molecule has 1 N–H and O–H groups in total. The number of fused-ring (bicyclic) bond motifs is 1. The van der Waals surface area contributed by atoms with E-state index in [9.17, 15) is 9.90 Å². The molecule has 0 radical (unpaired) electrons. The van der Waals surface area contributed by atoms with E-state index < -0.39 is 30.1 Å². The molecular weight excluding hydrogens is 176 g/mol. The molecule has 0 bridgehead atoms. The highest BCUT2D eigenvalue weighted by Crippen LogP contribution is 2.30. The van der Waals surface area contributed by atoms with Gasteiger partial charge in [-0.3, -0.25) is 0 Å². The summed E-state index contributed by atoms with van der Waals surface area (Å²) in [6.07, 6.45) is -2.22. The number of ether oxygens (including phenoxy) is 3. The van der Waals surface area contributed by atoms with Crippen molar-refractivity contribution in [3.05, 3.63) is 0 Å². The van der Waals surface area contributed by atoms with Crippen LogP contribution in [0.4, 0.5) is 0 Å². The third kappa shape index (κ3) is 1.43. The molecule has 2 saturated heterocycles. The minimum Gasteiger partial charge on any atom is -0.455 e. The first-order valence-corrected chi connectivity index (χ1v) is 4.20. The average molecular weight is 188 g/mol. The molecule has 13 heavy (non-hydrogen) atoms. The molecule has 3 atom stereocenters. The zero-order valence-corrected chi connectivity index (χ0v) is 7.52. The molecule has 2 heterocycles. The van der Waals surface area contributed by atoms with Gasteiger partial charge in [0.25, 0.3) is 0 Å².